The van der Waals surface area contributed by atoms with Crippen molar-refractivity contribution in [1.82, 2.24) is 9.78 Å². The van der Waals surface area contributed by atoms with E-state index in [0.29, 0.717) is 11.4 Å². The number of methoxy groups -OCH3 is 1. The maximum absolute atomic E-state index is 11.8. The molecule has 0 aliphatic carbocycles. The van der Waals surface area contributed by atoms with Crippen molar-refractivity contribution in [2.45, 2.75) is 13.8 Å². The number of rotatable bonds is 5. The van der Waals surface area contributed by atoms with E-state index in [4.69, 9.17) is 9.47 Å². The van der Waals surface area contributed by atoms with E-state index in [1.54, 1.807) is 38.3 Å². The summed E-state index contributed by atoms with van der Waals surface area (Å²) in [4.78, 5) is 23.5. The number of nitrogens with zero attached hydrogens (tertiary/aromatic N) is 2. The summed E-state index contributed by atoms with van der Waals surface area (Å²) >= 11 is 0. The van der Waals surface area contributed by atoms with Crippen molar-refractivity contribution in [3.05, 3.63) is 41.7 Å². The fraction of sp³-hybridized carbons (Fsp3) is 0.267. The van der Waals surface area contributed by atoms with Crippen LogP contribution in [0.4, 0.5) is 0 Å². The highest BCUT2D eigenvalue weighted by Crippen LogP contribution is 2.17. The number of ether oxygens (including phenoxy) is 2. The van der Waals surface area contributed by atoms with Gasteiger partial charge in [0, 0.05) is 6.20 Å². The third kappa shape index (κ3) is 3.10. The molecule has 110 valence electrons. The number of ketones is 1. The summed E-state index contributed by atoms with van der Waals surface area (Å²) in [6.45, 7) is 3.31. The minimum absolute atomic E-state index is 0.0279. The number of carbonyl (C=O) groups is 2. The van der Waals surface area contributed by atoms with Gasteiger partial charge in [-0.3, -0.25) is 4.79 Å². The van der Waals surface area contributed by atoms with Gasteiger partial charge in [0.1, 0.15) is 5.75 Å². The molecule has 1 aromatic heterocycles. The van der Waals surface area contributed by atoms with Gasteiger partial charge in [-0.1, -0.05) is 0 Å². The molecule has 0 spiro atoms. The molecular formula is C15H16N2O4. The first-order valence-corrected chi connectivity index (χ1v) is 6.49. The van der Waals surface area contributed by atoms with Crippen molar-refractivity contribution in [2.24, 2.45) is 0 Å². The molecule has 0 unspecified atom stereocenters. The Hall–Kier alpha value is -2.63. The Bertz CT molecular complexity index is 659. The summed E-state index contributed by atoms with van der Waals surface area (Å²) in [5.41, 5.74) is 0.985. The summed E-state index contributed by atoms with van der Waals surface area (Å²) < 4.78 is 11.5. The van der Waals surface area contributed by atoms with Crippen molar-refractivity contribution in [2.75, 3.05) is 13.7 Å². The van der Waals surface area contributed by atoms with Crippen LogP contribution in [0.25, 0.3) is 5.69 Å². The topological polar surface area (TPSA) is 70.4 Å². The predicted molar refractivity (Wildman–Crippen MR) is 76.1 cm³/mol. The van der Waals surface area contributed by atoms with Crippen molar-refractivity contribution < 1.29 is 19.1 Å². The fourth-order valence-electron chi connectivity index (χ4n) is 1.85. The predicted octanol–water partition coefficient (Wildman–Crippen LogP) is 2.26. The van der Waals surface area contributed by atoms with E-state index in [1.807, 2.05) is 0 Å². The summed E-state index contributed by atoms with van der Waals surface area (Å²) in [6.07, 6.45) is 1.52. The zero-order valence-electron chi connectivity index (χ0n) is 12.1. The highest BCUT2D eigenvalue weighted by atomic mass is 16.5. The van der Waals surface area contributed by atoms with Crippen molar-refractivity contribution >= 4 is 11.8 Å². The number of hydrogen-bond acceptors (Lipinski definition) is 5. The smallest absolute Gasteiger partial charge is 0.359 e. The van der Waals surface area contributed by atoms with Gasteiger partial charge in [-0.25, -0.2) is 9.48 Å². The highest BCUT2D eigenvalue weighted by molar-refractivity contribution is 6.04. The van der Waals surface area contributed by atoms with Gasteiger partial charge in [0.2, 0.25) is 0 Å². The Labute approximate surface area is 122 Å². The third-order valence-corrected chi connectivity index (χ3v) is 2.90. The number of esters is 1. The Morgan fingerprint density at radius 3 is 2.43 bits per heavy atom. The SMILES string of the molecule is CCOC(=O)c1nn(-c2ccc(OC)cc2)cc1C(C)=O. The lowest BCUT2D eigenvalue weighted by molar-refractivity contribution is 0.0516. The van der Waals surface area contributed by atoms with Gasteiger partial charge in [-0.05, 0) is 38.1 Å². The van der Waals surface area contributed by atoms with Crippen molar-refractivity contribution in [1.29, 1.82) is 0 Å². The first-order chi connectivity index (χ1) is 10.1. The molecule has 2 aromatic rings. The first-order valence-electron chi connectivity index (χ1n) is 6.49. The van der Waals surface area contributed by atoms with E-state index in [-0.39, 0.29) is 23.6 Å². The van der Waals surface area contributed by atoms with Gasteiger partial charge in [-0.15, -0.1) is 0 Å². The molecule has 0 fully saturated rings. The number of aromatic nitrogens is 2. The van der Waals surface area contributed by atoms with Gasteiger partial charge in [0.05, 0.1) is 25.0 Å². The molecule has 0 radical (unpaired) electrons. The van der Waals surface area contributed by atoms with E-state index < -0.39 is 5.97 Å². The number of carbonyl (C=O) groups excluding carboxylic acids is 2. The van der Waals surface area contributed by atoms with Crippen LogP contribution in [0.2, 0.25) is 0 Å². The minimum atomic E-state index is -0.602. The van der Waals surface area contributed by atoms with Crippen LogP contribution in [0.15, 0.2) is 30.5 Å². The summed E-state index contributed by atoms with van der Waals surface area (Å²) in [6, 6.07) is 7.11. The second-order valence-corrected chi connectivity index (χ2v) is 4.31. The normalized spacial score (nSPS) is 10.2. The fourth-order valence-corrected chi connectivity index (χ4v) is 1.85. The Morgan fingerprint density at radius 1 is 1.24 bits per heavy atom. The molecule has 0 saturated heterocycles. The van der Waals surface area contributed by atoms with Gasteiger partial charge < -0.3 is 9.47 Å². The van der Waals surface area contributed by atoms with Crippen LogP contribution >= 0.6 is 0 Å². The Morgan fingerprint density at radius 2 is 1.90 bits per heavy atom. The van der Waals surface area contributed by atoms with Crippen LogP contribution in [-0.2, 0) is 4.74 Å². The molecule has 1 heterocycles. The molecule has 2 rings (SSSR count). The van der Waals surface area contributed by atoms with Crippen LogP contribution in [0.1, 0.15) is 34.7 Å². The molecule has 0 bridgehead atoms. The molecular weight excluding hydrogens is 272 g/mol. The monoisotopic (exact) mass is 288 g/mol. The van der Waals surface area contributed by atoms with Crippen LogP contribution in [0.5, 0.6) is 5.75 Å². The molecule has 6 nitrogen and oxygen atoms in total. The molecule has 0 atom stereocenters. The molecule has 0 N–H and O–H groups in total. The van der Waals surface area contributed by atoms with Crippen molar-refractivity contribution in [3.63, 3.8) is 0 Å². The standard InChI is InChI=1S/C15H16N2O4/c1-4-21-15(19)14-13(10(2)18)9-17(16-14)11-5-7-12(20-3)8-6-11/h5-9H,4H2,1-3H3. The Balaban J connectivity index is 2.42. The van der Waals surface area contributed by atoms with Crippen LogP contribution < -0.4 is 4.74 Å². The molecule has 1 aromatic carbocycles. The van der Waals surface area contributed by atoms with Crippen LogP contribution in [0.3, 0.4) is 0 Å². The largest absolute Gasteiger partial charge is 0.497 e. The zero-order chi connectivity index (χ0) is 15.4. The minimum Gasteiger partial charge on any atom is -0.497 e. The molecule has 0 amide bonds. The first kappa shape index (κ1) is 14.8. The number of benzene rings is 1. The number of hydrogen-bond donors (Lipinski definition) is 0. The van der Waals surface area contributed by atoms with Crippen LogP contribution in [-0.4, -0.2) is 35.2 Å². The maximum atomic E-state index is 11.8. The second kappa shape index (κ2) is 6.21. The lowest BCUT2D eigenvalue weighted by Crippen LogP contribution is -2.10. The average Bonchev–Trinajstić information content (AvgIpc) is 2.93. The quantitative estimate of drug-likeness (QED) is 0.623. The highest BCUT2D eigenvalue weighted by Gasteiger charge is 2.21. The molecule has 0 aliphatic heterocycles. The molecule has 0 saturated carbocycles. The van der Waals surface area contributed by atoms with Crippen molar-refractivity contribution in [3.8, 4) is 11.4 Å². The van der Waals surface area contributed by atoms with Gasteiger partial charge >= 0.3 is 5.97 Å². The Kier molecular flexibility index (Phi) is 4.37. The lowest BCUT2D eigenvalue weighted by atomic mass is 10.2. The van der Waals surface area contributed by atoms with Gasteiger partial charge in [0.25, 0.3) is 0 Å². The molecule has 0 aliphatic rings. The second-order valence-electron chi connectivity index (χ2n) is 4.31. The summed E-state index contributed by atoms with van der Waals surface area (Å²) in [5, 5.41) is 4.16. The summed E-state index contributed by atoms with van der Waals surface area (Å²) in [5.74, 6) is -0.129. The van der Waals surface area contributed by atoms with Gasteiger partial charge in [0.15, 0.2) is 11.5 Å². The van der Waals surface area contributed by atoms with E-state index >= 15 is 0 Å². The molecule has 21 heavy (non-hydrogen) atoms. The lowest BCUT2D eigenvalue weighted by Gasteiger charge is -2.03. The average molecular weight is 288 g/mol. The van der Waals surface area contributed by atoms with E-state index in [2.05, 4.69) is 5.10 Å². The maximum Gasteiger partial charge on any atom is 0.359 e. The number of Topliss-reactive ketones (excluding diaryl/α,β-unsaturated/α-hetero) is 1. The van der Waals surface area contributed by atoms with E-state index in [9.17, 15) is 9.59 Å². The zero-order valence-corrected chi connectivity index (χ0v) is 12.1. The van der Waals surface area contributed by atoms with Crippen LogP contribution in [0, 0.1) is 0 Å². The van der Waals surface area contributed by atoms with E-state index in [1.165, 1.54) is 17.8 Å². The summed E-state index contributed by atoms with van der Waals surface area (Å²) in [7, 11) is 1.58. The van der Waals surface area contributed by atoms with Gasteiger partial charge in [-0.2, -0.15) is 5.10 Å². The molecule has 6 heteroatoms. The third-order valence-electron chi connectivity index (χ3n) is 2.90. The van der Waals surface area contributed by atoms with E-state index in [0.717, 1.165) is 0 Å².